The summed E-state index contributed by atoms with van der Waals surface area (Å²) in [6.07, 6.45) is 3.21. The first-order valence-corrected chi connectivity index (χ1v) is 9.52. The largest absolute Gasteiger partial charge is 0.492 e. The Hall–Kier alpha value is -3.67. The topological polar surface area (TPSA) is 69.0 Å². The van der Waals surface area contributed by atoms with E-state index in [4.69, 9.17) is 9.72 Å². The van der Waals surface area contributed by atoms with Crippen LogP contribution < -0.4 is 10.1 Å². The lowest BCUT2D eigenvalue weighted by atomic mass is 10.2. The van der Waals surface area contributed by atoms with Gasteiger partial charge in [-0.15, -0.1) is 0 Å². The number of hydrogen-bond donors (Lipinski definition) is 1. The highest BCUT2D eigenvalue weighted by atomic mass is 16.5. The standard InChI is InChI=1S/C23H22N4O2/c1-17-5-4-6-19(15-17)29-14-13-27-21-8-3-2-7-20(21)26-22(27)16-25-23(28)18-9-11-24-12-10-18/h2-12,15H,13-14,16H2,1H3,(H,25,28). The molecule has 4 rings (SSSR count). The zero-order valence-electron chi connectivity index (χ0n) is 16.2. The minimum atomic E-state index is -0.151. The Morgan fingerprint density at radius 2 is 1.90 bits per heavy atom. The Morgan fingerprint density at radius 1 is 1.07 bits per heavy atom. The fraction of sp³-hybridized carbons (Fsp3) is 0.174. The Balaban J connectivity index is 1.49. The number of nitrogens with zero attached hydrogens (tertiary/aromatic N) is 3. The number of nitrogens with one attached hydrogen (secondary N) is 1. The predicted molar refractivity (Wildman–Crippen MR) is 112 cm³/mol. The maximum absolute atomic E-state index is 12.4. The normalized spacial score (nSPS) is 10.8. The summed E-state index contributed by atoms with van der Waals surface area (Å²) in [7, 11) is 0. The van der Waals surface area contributed by atoms with Crippen molar-refractivity contribution in [3.05, 3.63) is 90.0 Å². The Morgan fingerprint density at radius 3 is 2.72 bits per heavy atom. The SMILES string of the molecule is Cc1cccc(OCCn2c(CNC(=O)c3ccncc3)nc3ccccc32)c1. The number of hydrogen-bond acceptors (Lipinski definition) is 4. The van der Waals surface area contributed by atoms with E-state index >= 15 is 0 Å². The first-order chi connectivity index (χ1) is 14.2. The number of para-hydroxylation sites is 2. The zero-order chi connectivity index (χ0) is 20.1. The van der Waals surface area contributed by atoms with Crippen molar-refractivity contribution >= 4 is 16.9 Å². The highest BCUT2D eigenvalue weighted by Crippen LogP contribution is 2.17. The van der Waals surface area contributed by atoms with Crippen LogP contribution in [0.2, 0.25) is 0 Å². The molecule has 0 spiro atoms. The summed E-state index contributed by atoms with van der Waals surface area (Å²) in [5, 5.41) is 2.94. The van der Waals surface area contributed by atoms with E-state index in [1.54, 1.807) is 24.5 Å². The third kappa shape index (κ3) is 4.43. The molecular formula is C23H22N4O2. The Labute approximate surface area is 169 Å². The lowest BCUT2D eigenvalue weighted by Crippen LogP contribution is -2.25. The lowest BCUT2D eigenvalue weighted by Gasteiger charge is -2.12. The number of pyridine rings is 1. The number of rotatable bonds is 7. The fourth-order valence-corrected chi connectivity index (χ4v) is 3.23. The monoisotopic (exact) mass is 386 g/mol. The van der Waals surface area contributed by atoms with Gasteiger partial charge in [0, 0.05) is 18.0 Å². The second-order valence-electron chi connectivity index (χ2n) is 6.75. The van der Waals surface area contributed by atoms with E-state index in [9.17, 15) is 4.79 Å². The summed E-state index contributed by atoms with van der Waals surface area (Å²) in [5.41, 5.74) is 3.66. The number of carbonyl (C=O) groups excluding carboxylic acids is 1. The van der Waals surface area contributed by atoms with Crippen molar-refractivity contribution in [2.75, 3.05) is 6.61 Å². The molecule has 1 amide bonds. The number of fused-ring (bicyclic) bond motifs is 1. The van der Waals surface area contributed by atoms with E-state index in [1.165, 1.54) is 0 Å². The summed E-state index contributed by atoms with van der Waals surface area (Å²) < 4.78 is 8.01. The van der Waals surface area contributed by atoms with Crippen molar-refractivity contribution in [2.45, 2.75) is 20.0 Å². The highest BCUT2D eigenvalue weighted by Gasteiger charge is 2.12. The van der Waals surface area contributed by atoms with Crippen molar-refractivity contribution in [3.8, 4) is 5.75 Å². The second kappa shape index (κ2) is 8.56. The van der Waals surface area contributed by atoms with Crippen LogP contribution in [-0.4, -0.2) is 27.0 Å². The van der Waals surface area contributed by atoms with Crippen LogP contribution >= 0.6 is 0 Å². The molecule has 4 aromatic rings. The molecule has 6 nitrogen and oxygen atoms in total. The summed E-state index contributed by atoms with van der Waals surface area (Å²) >= 11 is 0. The molecule has 2 heterocycles. The van der Waals surface area contributed by atoms with Crippen molar-refractivity contribution in [2.24, 2.45) is 0 Å². The van der Waals surface area contributed by atoms with Gasteiger partial charge in [0.05, 0.1) is 24.1 Å². The van der Waals surface area contributed by atoms with Gasteiger partial charge in [-0.2, -0.15) is 0 Å². The maximum atomic E-state index is 12.4. The third-order valence-electron chi connectivity index (χ3n) is 4.66. The highest BCUT2D eigenvalue weighted by molar-refractivity contribution is 5.93. The van der Waals surface area contributed by atoms with Crippen LogP contribution in [0.15, 0.2) is 73.1 Å². The molecule has 0 bridgehead atoms. The van der Waals surface area contributed by atoms with Crippen LogP contribution in [0.4, 0.5) is 0 Å². The smallest absolute Gasteiger partial charge is 0.251 e. The molecule has 0 radical (unpaired) electrons. The Kier molecular flexibility index (Phi) is 5.52. The molecular weight excluding hydrogens is 364 g/mol. The van der Waals surface area contributed by atoms with Crippen LogP contribution in [0.1, 0.15) is 21.7 Å². The average molecular weight is 386 g/mol. The molecule has 0 saturated heterocycles. The van der Waals surface area contributed by atoms with Crippen molar-refractivity contribution in [1.29, 1.82) is 0 Å². The molecule has 0 saturated carbocycles. The van der Waals surface area contributed by atoms with Gasteiger partial charge in [-0.3, -0.25) is 9.78 Å². The minimum Gasteiger partial charge on any atom is -0.492 e. The number of aromatic nitrogens is 3. The molecule has 0 atom stereocenters. The molecule has 1 N–H and O–H groups in total. The van der Waals surface area contributed by atoms with E-state index in [2.05, 4.69) is 14.9 Å². The van der Waals surface area contributed by atoms with Crippen molar-refractivity contribution < 1.29 is 9.53 Å². The van der Waals surface area contributed by atoms with Gasteiger partial charge in [0.15, 0.2) is 0 Å². The molecule has 0 aliphatic heterocycles. The molecule has 0 unspecified atom stereocenters. The average Bonchev–Trinajstić information content (AvgIpc) is 3.10. The number of aryl methyl sites for hydroxylation is 1. The van der Waals surface area contributed by atoms with Gasteiger partial charge in [0.2, 0.25) is 0 Å². The van der Waals surface area contributed by atoms with Crippen LogP contribution in [0.3, 0.4) is 0 Å². The van der Waals surface area contributed by atoms with Gasteiger partial charge >= 0.3 is 0 Å². The maximum Gasteiger partial charge on any atom is 0.251 e. The van der Waals surface area contributed by atoms with E-state index < -0.39 is 0 Å². The molecule has 0 fully saturated rings. The van der Waals surface area contributed by atoms with Crippen LogP contribution in [0, 0.1) is 6.92 Å². The Bertz CT molecular complexity index is 1120. The molecule has 2 aromatic carbocycles. The van der Waals surface area contributed by atoms with Crippen LogP contribution in [0.25, 0.3) is 11.0 Å². The molecule has 146 valence electrons. The summed E-state index contributed by atoms with van der Waals surface area (Å²) in [5.74, 6) is 1.49. The van der Waals surface area contributed by atoms with Gasteiger partial charge in [0.1, 0.15) is 18.2 Å². The quantitative estimate of drug-likeness (QED) is 0.525. The predicted octanol–water partition coefficient (Wildman–Crippen LogP) is 3.75. The number of imidazole rings is 1. The summed E-state index contributed by atoms with van der Waals surface area (Å²) in [4.78, 5) is 21.0. The first-order valence-electron chi connectivity index (χ1n) is 9.52. The second-order valence-corrected chi connectivity index (χ2v) is 6.75. The minimum absolute atomic E-state index is 0.151. The molecule has 2 aromatic heterocycles. The van der Waals surface area contributed by atoms with E-state index in [0.29, 0.717) is 25.3 Å². The first kappa shape index (κ1) is 18.7. The van der Waals surface area contributed by atoms with E-state index in [0.717, 1.165) is 28.2 Å². The van der Waals surface area contributed by atoms with Gasteiger partial charge in [-0.25, -0.2) is 4.98 Å². The molecule has 29 heavy (non-hydrogen) atoms. The van der Waals surface area contributed by atoms with Gasteiger partial charge in [0.25, 0.3) is 5.91 Å². The molecule has 6 heteroatoms. The van der Waals surface area contributed by atoms with Gasteiger partial charge < -0.3 is 14.6 Å². The van der Waals surface area contributed by atoms with Gasteiger partial charge in [-0.1, -0.05) is 24.3 Å². The fourth-order valence-electron chi connectivity index (χ4n) is 3.23. The van der Waals surface area contributed by atoms with Gasteiger partial charge in [-0.05, 0) is 48.9 Å². The number of carbonyl (C=O) groups is 1. The molecule has 0 aliphatic carbocycles. The summed E-state index contributed by atoms with van der Waals surface area (Å²) in [6, 6.07) is 19.3. The number of benzene rings is 2. The van der Waals surface area contributed by atoms with E-state index in [-0.39, 0.29) is 5.91 Å². The number of amides is 1. The van der Waals surface area contributed by atoms with Crippen molar-refractivity contribution in [3.63, 3.8) is 0 Å². The third-order valence-corrected chi connectivity index (χ3v) is 4.66. The lowest BCUT2D eigenvalue weighted by molar-refractivity contribution is 0.0949. The zero-order valence-corrected chi connectivity index (χ0v) is 16.2. The van der Waals surface area contributed by atoms with Crippen molar-refractivity contribution in [1.82, 2.24) is 19.9 Å². The molecule has 0 aliphatic rings. The number of ether oxygens (including phenoxy) is 1. The van der Waals surface area contributed by atoms with E-state index in [1.807, 2.05) is 55.5 Å². The summed E-state index contributed by atoms with van der Waals surface area (Å²) in [6.45, 7) is 3.52. The van der Waals surface area contributed by atoms with Crippen LogP contribution in [-0.2, 0) is 13.1 Å². The van der Waals surface area contributed by atoms with Crippen LogP contribution in [0.5, 0.6) is 5.75 Å².